The molecule has 1 amide bonds. The molecule has 112 valence electrons. The lowest BCUT2D eigenvalue weighted by atomic mass is 9.88. The predicted octanol–water partition coefficient (Wildman–Crippen LogP) is 2.27. The van der Waals surface area contributed by atoms with Crippen LogP contribution in [0.3, 0.4) is 0 Å². The van der Waals surface area contributed by atoms with Gasteiger partial charge in [-0.15, -0.1) is 10.2 Å². The molecule has 2 saturated carbocycles. The van der Waals surface area contributed by atoms with E-state index in [1.807, 2.05) is 0 Å². The summed E-state index contributed by atoms with van der Waals surface area (Å²) in [4.78, 5) is 12.5. The van der Waals surface area contributed by atoms with Crippen molar-refractivity contribution in [2.75, 3.05) is 19.0 Å². The fraction of sp³-hybridized carbons (Fsp3) is 0.667. The molecular formula is C15H19N3O2S. The molecule has 3 aliphatic rings. The van der Waals surface area contributed by atoms with Crippen molar-refractivity contribution in [1.29, 1.82) is 0 Å². The molecule has 1 spiro atoms. The van der Waals surface area contributed by atoms with Crippen molar-refractivity contribution < 1.29 is 9.53 Å². The van der Waals surface area contributed by atoms with E-state index in [9.17, 15) is 4.79 Å². The van der Waals surface area contributed by atoms with Crippen LogP contribution in [0.2, 0.25) is 0 Å². The van der Waals surface area contributed by atoms with Crippen molar-refractivity contribution in [3.8, 4) is 0 Å². The highest BCUT2D eigenvalue weighted by Crippen LogP contribution is 2.70. The van der Waals surface area contributed by atoms with E-state index >= 15 is 0 Å². The van der Waals surface area contributed by atoms with Gasteiger partial charge in [-0.3, -0.25) is 4.79 Å². The van der Waals surface area contributed by atoms with Gasteiger partial charge in [-0.05, 0) is 36.5 Å². The standard InChI is InChI=1S/C15H19N3O2S/c1-20-7-4-12-17-18-14(21-12)16-13(19)10-8-9-2-3-11(10)15(9)5-6-15/h2-3,9-11H,4-8H2,1H3,(H,16,18,19)/t9-,10+,11-/m1/s1. The van der Waals surface area contributed by atoms with Crippen molar-refractivity contribution in [1.82, 2.24) is 10.2 Å². The summed E-state index contributed by atoms with van der Waals surface area (Å²) in [5, 5.41) is 12.6. The van der Waals surface area contributed by atoms with Crippen LogP contribution in [0, 0.1) is 23.2 Å². The topological polar surface area (TPSA) is 64.1 Å². The minimum atomic E-state index is 0.118. The van der Waals surface area contributed by atoms with Crippen LogP contribution in [0.1, 0.15) is 24.3 Å². The Morgan fingerprint density at radius 3 is 3.05 bits per heavy atom. The number of hydrogen-bond donors (Lipinski definition) is 1. The van der Waals surface area contributed by atoms with Gasteiger partial charge in [0, 0.05) is 19.4 Å². The molecule has 2 bridgehead atoms. The van der Waals surface area contributed by atoms with E-state index in [1.54, 1.807) is 7.11 Å². The maximum atomic E-state index is 12.5. The zero-order valence-electron chi connectivity index (χ0n) is 12.0. The van der Waals surface area contributed by atoms with Crippen molar-refractivity contribution in [3.63, 3.8) is 0 Å². The van der Waals surface area contributed by atoms with Crippen LogP contribution in [-0.4, -0.2) is 29.8 Å². The number of rotatable bonds is 5. The molecule has 0 aromatic carbocycles. The van der Waals surface area contributed by atoms with Crippen LogP contribution in [0.5, 0.6) is 0 Å². The first-order chi connectivity index (χ1) is 10.2. The summed E-state index contributed by atoms with van der Waals surface area (Å²) in [5.41, 5.74) is 0.451. The number of methoxy groups -OCH3 is 1. The van der Waals surface area contributed by atoms with Gasteiger partial charge in [0.25, 0.3) is 0 Å². The first kappa shape index (κ1) is 13.4. The van der Waals surface area contributed by atoms with Crippen LogP contribution < -0.4 is 5.32 Å². The average Bonchev–Trinajstić information content (AvgIpc) is 2.94. The fourth-order valence-corrected chi connectivity index (χ4v) is 4.79. The average molecular weight is 305 g/mol. The third-order valence-electron chi connectivity index (χ3n) is 5.28. The number of ether oxygens (including phenoxy) is 1. The number of allylic oxidation sites excluding steroid dienone is 2. The third-order valence-corrected chi connectivity index (χ3v) is 6.17. The molecule has 2 fully saturated rings. The van der Waals surface area contributed by atoms with E-state index in [4.69, 9.17) is 4.74 Å². The summed E-state index contributed by atoms with van der Waals surface area (Å²) in [5.74, 6) is 1.31. The molecule has 1 N–H and O–H groups in total. The number of nitrogens with one attached hydrogen (secondary N) is 1. The Hall–Kier alpha value is -1.27. The van der Waals surface area contributed by atoms with Gasteiger partial charge < -0.3 is 10.1 Å². The van der Waals surface area contributed by atoms with Gasteiger partial charge in [0.2, 0.25) is 11.0 Å². The number of anilines is 1. The van der Waals surface area contributed by atoms with Gasteiger partial charge in [0.1, 0.15) is 5.01 Å². The Balaban J connectivity index is 1.40. The Morgan fingerprint density at radius 1 is 1.48 bits per heavy atom. The number of carbonyl (C=O) groups excluding carboxylic acids is 1. The lowest BCUT2D eigenvalue weighted by molar-refractivity contribution is -0.120. The number of aromatic nitrogens is 2. The number of nitrogens with zero attached hydrogens (tertiary/aromatic N) is 2. The lowest BCUT2D eigenvalue weighted by Gasteiger charge is -2.18. The van der Waals surface area contributed by atoms with E-state index in [0.29, 0.717) is 29.0 Å². The van der Waals surface area contributed by atoms with Crippen molar-refractivity contribution in [2.24, 2.45) is 23.2 Å². The molecule has 1 heterocycles. The predicted molar refractivity (Wildman–Crippen MR) is 80.0 cm³/mol. The fourth-order valence-electron chi connectivity index (χ4n) is 4.06. The van der Waals surface area contributed by atoms with Gasteiger partial charge in [-0.2, -0.15) is 0 Å². The summed E-state index contributed by atoms with van der Waals surface area (Å²) < 4.78 is 5.02. The zero-order valence-corrected chi connectivity index (χ0v) is 12.9. The molecule has 1 aromatic rings. The van der Waals surface area contributed by atoms with Gasteiger partial charge >= 0.3 is 0 Å². The van der Waals surface area contributed by atoms with Crippen molar-refractivity contribution in [3.05, 3.63) is 17.2 Å². The van der Waals surface area contributed by atoms with Crippen LogP contribution in [0.25, 0.3) is 0 Å². The molecule has 1 aromatic heterocycles. The number of amides is 1. The first-order valence-corrected chi connectivity index (χ1v) is 8.35. The Labute approximate surface area is 127 Å². The second kappa shape index (κ2) is 4.88. The highest BCUT2D eigenvalue weighted by atomic mass is 32.1. The van der Waals surface area contributed by atoms with E-state index < -0.39 is 0 Å². The second-order valence-electron chi connectivity index (χ2n) is 6.33. The molecule has 0 radical (unpaired) electrons. The molecule has 4 rings (SSSR count). The minimum absolute atomic E-state index is 0.118. The molecule has 3 aliphatic carbocycles. The van der Waals surface area contributed by atoms with E-state index in [-0.39, 0.29) is 11.8 Å². The summed E-state index contributed by atoms with van der Waals surface area (Å²) >= 11 is 1.44. The second-order valence-corrected chi connectivity index (χ2v) is 7.39. The van der Waals surface area contributed by atoms with Gasteiger partial charge in [-0.25, -0.2) is 0 Å². The zero-order chi connectivity index (χ0) is 14.4. The van der Waals surface area contributed by atoms with E-state index in [0.717, 1.165) is 17.8 Å². The first-order valence-electron chi connectivity index (χ1n) is 7.53. The highest BCUT2D eigenvalue weighted by molar-refractivity contribution is 7.15. The normalized spacial score (nSPS) is 31.0. The van der Waals surface area contributed by atoms with Gasteiger partial charge in [-0.1, -0.05) is 23.5 Å². The summed E-state index contributed by atoms with van der Waals surface area (Å²) in [6, 6.07) is 0. The maximum Gasteiger partial charge on any atom is 0.229 e. The molecule has 5 nitrogen and oxygen atoms in total. The lowest BCUT2D eigenvalue weighted by Crippen LogP contribution is -2.27. The minimum Gasteiger partial charge on any atom is -0.384 e. The van der Waals surface area contributed by atoms with E-state index in [1.165, 1.54) is 24.2 Å². The summed E-state index contributed by atoms with van der Waals surface area (Å²) in [7, 11) is 1.67. The molecule has 3 atom stereocenters. The maximum absolute atomic E-state index is 12.5. The molecule has 0 saturated heterocycles. The third kappa shape index (κ3) is 2.12. The largest absolute Gasteiger partial charge is 0.384 e. The quantitative estimate of drug-likeness (QED) is 0.848. The SMILES string of the molecule is COCCc1nnc(NC(=O)[C@H]2C[C@H]3C=C[C@H]2C32CC2)s1. The Kier molecular flexibility index (Phi) is 3.11. The van der Waals surface area contributed by atoms with Crippen LogP contribution in [0.15, 0.2) is 12.2 Å². The number of hydrogen-bond acceptors (Lipinski definition) is 5. The van der Waals surface area contributed by atoms with Crippen molar-refractivity contribution in [2.45, 2.75) is 25.7 Å². The number of carbonyl (C=O) groups is 1. The van der Waals surface area contributed by atoms with Crippen LogP contribution >= 0.6 is 11.3 Å². The highest BCUT2D eigenvalue weighted by Gasteiger charge is 2.64. The van der Waals surface area contributed by atoms with Crippen LogP contribution in [-0.2, 0) is 16.0 Å². The van der Waals surface area contributed by atoms with Crippen molar-refractivity contribution >= 4 is 22.4 Å². The Morgan fingerprint density at radius 2 is 2.33 bits per heavy atom. The monoisotopic (exact) mass is 305 g/mol. The molecular weight excluding hydrogens is 286 g/mol. The molecule has 0 unspecified atom stereocenters. The Bertz CT molecular complexity index is 593. The van der Waals surface area contributed by atoms with Gasteiger partial charge in [0.05, 0.1) is 6.61 Å². The van der Waals surface area contributed by atoms with Gasteiger partial charge in [0.15, 0.2) is 0 Å². The molecule has 6 heteroatoms. The summed E-state index contributed by atoms with van der Waals surface area (Å²) in [6.07, 6.45) is 8.93. The van der Waals surface area contributed by atoms with E-state index in [2.05, 4.69) is 27.7 Å². The molecule has 21 heavy (non-hydrogen) atoms. The summed E-state index contributed by atoms with van der Waals surface area (Å²) in [6.45, 7) is 0.627. The van der Waals surface area contributed by atoms with Crippen LogP contribution in [0.4, 0.5) is 5.13 Å². The smallest absolute Gasteiger partial charge is 0.229 e. The molecule has 0 aliphatic heterocycles.